The number of carboxylic acids is 1. The Morgan fingerprint density at radius 2 is 2.35 bits per heavy atom. The van der Waals surface area contributed by atoms with Gasteiger partial charge in [0.2, 0.25) is 0 Å². The van der Waals surface area contributed by atoms with Crippen LogP contribution >= 0.6 is 11.6 Å². The monoisotopic (exact) mass is 255 g/mol. The van der Waals surface area contributed by atoms with Crippen LogP contribution in [0.25, 0.3) is 0 Å². The number of halogens is 1. The van der Waals surface area contributed by atoms with Crippen molar-refractivity contribution < 1.29 is 14.6 Å². The molecule has 1 aliphatic rings. The average Bonchev–Trinajstić information content (AvgIpc) is 2.64. The molecule has 5 heteroatoms. The number of anilines is 1. The lowest BCUT2D eigenvalue weighted by atomic mass is 10.1. The first-order valence-electron chi connectivity index (χ1n) is 5.49. The second-order valence-electron chi connectivity index (χ2n) is 4.11. The van der Waals surface area contributed by atoms with Gasteiger partial charge in [-0.15, -0.1) is 0 Å². The highest BCUT2D eigenvalue weighted by Gasteiger charge is 2.25. The molecule has 1 aromatic carbocycles. The Bertz CT molecular complexity index is 436. The molecule has 1 fully saturated rings. The van der Waals surface area contributed by atoms with Crippen LogP contribution in [0, 0.1) is 0 Å². The van der Waals surface area contributed by atoms with E-state index >= 15 is 0 Å². The molecule has 0 bridgehead atoms. The van der Waals surface area contributed by atoms with Crippen LogP contribution in [-0.4, -0.2) is 29.8 Å². The fourth-order valence-electron chi connectivity index (χ4n) is 1.94. The van der Waals surface area contributed by atoms with E-state index in [0.29, 0.717) is 17.3 Å². The smallest absolute Gasteiger partial charge is 0.337 e. The van der Waals surface area contributed by atoms with Crippen LogP contribution in [-0.2, 0) is 4.74 Å². The first-order valence-corrected chi connectivity index (χ1v) is 5.86. The van der Waals surface area contributed by atoms with Crippen molar-refractivity contribution in [2.75, 3.05) is 11.9 Å². The van der Waals surface area contributed by atoms with Gasteiger partial charge in [-0.05, 0) is 31.5 Å². The second kappa shape index (κ2) is 4.94. The molecule has 4 nitrogen and oxygen atoms in total. The zero-order chi connectivity index (χ0) is 12.4. The van der Waals surface area contributed by atoms with Gasteiger partial charge in [0, 0.05) is 11.6 Å². The molecule has 17 heavy (non-hydrogen) atoms. The number of hydrogen-bond acceptors (Lipinski definition) is 3. The maximum Gasteiger partial charge on any atom is 0.337 e. The first-order chi connectivity index (χ1) is 8.08. The van der Waals surface area contributed by atoms with Gasteiger partial charge in [0.15, 0.2) is 0 Å². The van der Waals surface area contributed by atoms with Gasteiger partial charge in [-0.1, -0.05) is 11.6 Å². The summed E-state index contributed by atoms with van der Waals surface area (Å²) in [5.74, 6) is -0.962. The van der Waals surface area contributed by atoms with Crippen molar-refractivity contribution in [3.8, 4) is 0 Å². The lowest BCUT2D eigenvalue weighted by molar-refractivity contribution is 0.0697. The maximum atomic E-state index is 11.1. The molecule has 0 aromatic heterocycles. The molecule has 0 amide bonds. The summed E-state index contributed by atoms with van der Waals surface area (Å²) in [6.45, 7) is 2.66. The van der Waals surface area contributed by atoms with Gasteiger partial charge in [0.05, 0.1) is 23.4 Å². The van der Waals surface area contributed by atoms with Gasteiger partial charge in [0.25, 0.3) is 0 Å². The van der Waals surface area contributed by atoms with Crippen molar-refractivity contribution in [3.63, 3.8) is 0 Å². The van der Waals surface area contributed by atoms with Crippen molar-refractivity contribution >= 4 is 23.3 Å². The number of carbonyl (C=O) groups is 1. The summed E-state index contributed by atoms with van der Waals surface area (Å²) in [7, 11) is 0. The molecule has 2 unspecified atom stereocenters. The molecule has 92 valence electrons. The van der Waals surface area contributed by atoms with Crippen LogP contribution < -0.4 is 5.32 Å². The van der Waals surface area contributed by atoms with E-state index in [-0.39, 0.29) is 17.7 Å². The third kappa shape index (κ3) is 2.70. The van der Waals surface area contributed by atoms with E-state index in [2.05, 4.69) is 5.32 Å². The summed E-state index contributed by atoms with van der Waals surface area (Å²) in [5, 5.41) is 12.8. The topological polar surface area (TPSA) is 58.6 Å². The summed E-state index contributed by atoms with van der Waals surface area (Å²) in [4.78, 5) is 11.1. The molecule has 1 heterocycles. The molecule has 1 saturated heterocycles. The standard InChI is InChI=1S/C12H14ClNO3/c1-7-10(4-5-17-7)14-11-6-8(13)2-3-9(11)12(15)16/h2-3,6-7,10,14H,4-5H2,1H3,(H,15,16). The molecule has 1 aliphatic heterocycles. The molecule has 2 rings (SSSR count). The molecule has 0 spiro atoms. The molecule has 0 saturated carbocycles. The zero-order valence-electron chi connectivity index (χ0n) is 9.44. The zero-order valence-corrected chi connectivity index (χ0v) is 10.2. The van der Waals surface area contributed by atoms with Crippen LogP contribution in [0.2, 0.25) is 5.02 Å². The van der Waals surface area contributed by atoms with Crippen molar-refractivity contribution in [1.29, 1.82) is 0 Å². The minimum Gasteiger partial charge on any atom is -0.478 e. The van der Waals surface area contributed by atoms with Crippen molar-refractivity contribution in [2.45, 2.75) is 25.5 Å². The molecule has 2 atom stereocenters. The quantitative estimate of drug-likeness (QED) is 0.872. The Kier molecular flexibility index (Phi) is 3.54. The molecule has 1 aromatic rings. The summed E-state index contributed by atoms with van der Waals surface area (Å²) in [6, 6.07) is 4.85. The van der Waals surface area contributed by atoms with Crippen LogP contribution in [0.5, 0.6) is 0 Å². The number of aromatic carboxylic acids is 1. The third-order valence-electron chi connectivity index (χ3n) is 2.93. The van der Waals surface area contributed by atoms with Gasteiger partial charge in [-0.2, -0.15) is 0 Å². The number of ether oxygens (including phenoxy) is 1. The highest BCUT2D eigenvalue weighted by molar-refractivity contribution is 6.31. The Balaban J connectivity index is 2.24. The minimum absolute atomic E-state index is 0.0793. The second-order valence-corrected chi connectivity index (χ2v) is 4.55. The van der Waals surface area contributed by atoms with E-state index in [1.807, 2.05) is 6.92 Å². The number of rotatable bonds is 3. The summed E-state index contributed by atoms with van der Waals surface area (Å²) >= 11 is 5.88. The highest BCUT2D eigenvalue weighted by atomic mass is 35.5. The Morgan fingerprint density at radius 1 is 1.59 bits per heavy atom. The van der Waals surface area contributed by atoms with Crippen molar-refractivity contribution in [2.24, 2.45) is 0 Å². The van der Waals surface area contributed by atoms with E-state index in [4.69, 9.17) is 21.4 Å². The van der Waals surface area contributed by atoms with Crippen LogP contribution in [0.1, 0.15) is 23.7 Å². The third-order valence-corrected chi connectivity index (χ3v) is 3.16. The fourth-order valence-corrected chi connectivity index (χ4v) is 2.12. The lowest BCUT2D eigenvalue weighted by Crippen LogP contribution is -2.27. The number of hydrogen-bond donors (Lipinski definition) is 2. The Hall–Kier alpha value is -1.26. The Labute approximate surface area is 105 Å². The maximum absolute atomic E-state index is 11.1. The SMILES string of the molecule is CC1OCCC1Nc1cc(Cl)ccc1C(=O)O. The van der Waals surface area contributed by atoms with Gasteiger partial charge in [-0.3, -0.25) is 0 Å². The fraction of sp³-hybridized carbons (Fsp3) is 0.417. The van der Waals surface area contributed by atoms with E-state index in [1.165, 1.54) is 6.07 Å². The van der Waals surface area contributed by atoms with Crippen LogP contribution in [0.4, 0.5) is 5.69 Å². The number of benzene rings is 1. The van der Waals surface area contributed by atoms with E-state index in [1.54, 1.807) is 12.1 Å². The van der Waals surface area contributed by atoms with Gasteiger partial charge >= 0.3 is 5.97 Å². The predicted octanol–water partition coefficient (Wildman–Crippen LogP) is 2.63. The summed E-state index contributed by atoms with van der Waals surface area (Å²) < 4.78 is 5.43. The lowest BCUT2D eigenvalue weighted by Gasteiger charge is -2.19. The van der Waals surface area contributed by atoms with E-state index in [9.17, 15) is 4.79 Å². The van der Waals surface area contributed by atoms with Crippen LogP contribution in [0.3, 0.4) is 0 Å². The van der Waals surface area contributed by atoms with Gasteiger partial charge < -0.3 is 15.2 Å². The van der Waals surface area contributed by atoms with Crippen LogP contribution in [0.15, 0.2) is 18.2 Å². The largest absolute Gasteiger partial charge is 0.478 e. The average molecular weight is 256 g/mol. The van der Waals surface area contributed by atoms with Gasteiger partial charge in [-0.25, -0.2) is 4.79 Å². The normalized spacial score (nSPS) is 23.6. The summed E-state index contributed by atoms with van der Waals surface area (Å²) in [5.41, 5.74) is 0.779. The predicted molar refractivity (Wildman–Crippen MR) is 65.9 cm³/mol. The molecular formula is C12H14ClNO3. The van der Waals surface area contributed by atoms with Crippen molar-refractivity contribution in [1.82, 2.24) is 0 Å². The molecule has 2 N–H and O–H groups in total. The molecular weight excluding hydrogens is 242 g/mol. The first kappa shape index (κ1) is 12.2. The molecule has 0 radical (unpaired) electrons. The Morgan fingerprint density at radius 3 is 2.94 bits per heavy atom. The number of nitrogens with one attached hydrogen (secondary N) is 1. The van der Waals surface area contributed by atoms with E-state index in [0.717, 1.165) is 6.42 Å². The highest BCUT2D eigenvalue weighted by Crippen LogP contribution is 2.25. The van der Waals surface area contributed by atoms with E-state index < -0.39 is 5.97 Å². The molecule has 0 aliphatic carbocycles. The summed E-state index contributed by atoms with van der Waals surface area (Å²) in [6.07, 6.45) is 0.947. The minimum atomic E-state index is -0.962. The number of carboxylic acid groups (broad SMARTS) is 1. The van der Waals surface area contributed by atoms with Crippen molar-refractivity contribution in [3.05, 3.63) is 28.8 Å². The van der Waals surface area contributed by atoms with Gasteiger partial charge in [0.1, 0.15) is 0 Å².